The highest BCUT2D eigenvalue weighted by Gasteiger charge is 2.11. The van der Waals surface area contributed by atoms with Crippen LogP contribution in [-0.4, -0.2) is 37.0 Å². The summed E-state index contributed by atoms with van der Waals surface area (Å²) in [5.41, 5.74) is 2.82. The number of rotatable bonds is 9. The Morgan fingerprint density at radius 3 is 2.59 bits per heavy atom. The molecule has 6 nitrogen and oxygen atoms in total. The van der Waals surface area contributed by atoms with Crippen molar-refractivity contribution in [3.05, 3.63) is 58.1 Å². The largest absolute Gasteiger partial charge is 0.496 e. The molecule has 0 aromatic heterocycles. The molecule has 8 heteroatoms. The van der Waals surface area contributed by atoms with Crippen LogP contribution in [0.25, 0.3) is 0 Å². The molecule has 0 radical (unpaired) electrons. The van der Waals surface area contributed by atoms with E-state index in [0.717, 1.165) is 11.1 Å². The molecular weight excluding hydrogens is 412 g/mol. The number of Topliss-reactive ketones (excluding diaryl/α,β-unsaturated/α-hetero) is 1. The second-order valence-corrected chi connectivity index (χ2v) is 7.71. The number of thioether (sulfide) groups is 1. The van der Waals surface area contributed by atoms with Crippen LogP contribution in [0.3, 0.4) is 0 Å². The van der Waals surface area contributed by atoms with E-state index >= 15 is 0 Å². The number of ether oxygens (including phenoxy) is 1. The maximum Gasteiger partial charge on any atom is 0.243 e. The minimum atomic E-state index is -0.329. The first kappa shape index (κ1) is 22.8. The van der Waals surface area contributed by atoms with Gasteiger partial charge in [0.1, 0.15) is 5.75 Å². The highest BCUT2D eigenvalue weighted by molar-refractivity contribution is 7.99. The molecule has 0 heterocycles. The van der Waals surface area contributed by atoms with E-state index in [2.05, 4.69) is 10.6 Å². The molecule has 0 aliphatic carbocycles. The minimum absolute atomic E-state index is 0.0300. The zero-order chi connectivity index (χ0) is 21.4. The second kappa shape index (κ2) is 10.9. The molecule has 0 bridgehead atoms. The van der Waals surface area contributed by atoms with Crippen molar-refractivity contribution in [1.29, 1.82) is 0 Å². The Balaban J connectivity index is 1.80. The Kier molecular flexibility index (Phi) is 8.54. The average Bonchev–Trinajstić information content (AvgIpc) is 2.69. The van der Waals surface area contributed by atoms with Gasteiger partial charge in [0, 0.05) is 27.6 Å². The van der Waals surface area contributed by atoms with E-state index < -0.39 is 0 Å². The lowest BCUT2D eigenvalue weighted by Gasteiger charge is -2.11. The van der Waals surface area contributed by atoms with Crippen LogP contribution < -0.4 is 15.4 Å². The number of carbonyl (C=O) groups excluding carboxylic acids is 3. The molecule has 29 heavy (non-hydrogen) atoms. The number of hydrogen-bond acceptors (Lipinski definition) is 5. The summed E-state index contributed by atoms with van der Waals surface area (Å²) in [6.07, 6.45) is 0. The molecule has 0 fully saturated rings. The van der Waals surface area contributed by atoms with Crippen molar-refractivity contribution in [3.63, 3.8) is 0 Å². The molecule has 2 aromatic rings. The second-order valence-electron chi connectivity index (χ2n) is 6.31. The van der Waals surface area contributed by atoms with Gasteiger partial charge in [0.05, 0.1) is 19.4 Å². The van der Waals surface area contributed by atoms with Crippen molar-refractivity contribution in [2.45, 2.75) is 19.6 Å². The Bertz CT molecular complexity index is 918. The number of ketones is 1. The highest BCUT2D eigenvalue weighted by atomic mass is 35.5. The van der Waals surface area contributed by atoms with E-state index in [0.29, 0.717) is 27.8 Å². The van der Waals surface area contributed by atoms with E-state index in [1.807, 2.05) is 6.92 Å². The first-order valence-electron chi connectivity index (χ1n) is 8.89. The Hall–Kier alpha value is -2.51. The van der Waals surface area contributed by atoms with Crippen LogP contribution in [0.5, 0.6) is 5.75 Å². The third-order valence-electron chi connectivity index (χ3n) is 4.17. The Morgan fingerprint density at radius 2 is 1.90 bits per heavy atom. The smallest absolute Gasteiger partial charge is 0.243 e. The first-order chi connectivity index (χ1) is 13.8. The van der Waals surface area contributed by atoms with Crippen molar-refractivity contribution >= 4 is 46.6 Å². The van der Waals surface area contributed by atoms with Crippen LogP contribution in [0, 0.1) is 6.92 Å². The predicted octanol–water partition coefficient (Wildman–Crippen LogP) is 3.85. The topological polar surface area (TPSA) is 84.5 Å². The van der Waals surface area contributed by atoms with E-state index in [1.165, 1.54) is 18.7 Å². The fourth-order valence-electron chi connectivity index (χ4n) is 2.53. The molecule has 0 aliphatic rings. The van der Waals surface area contributed by atoms with Gasteiger partial charge in [-0.05, 0) is 49.7 Å². The van der Waals surface area contributed by atoms with Gasteiger partial charge in [-0.1, -0.05) is 17.7 Å². The van der Waals surface area contributed by atoms with Crippen molar-refractivity contribution < 1.29 is 19.1 Å². The summed E-state index contributed by atoms with van der Waals surface area (Å²) < 4.78 is 5.30. The molecule has 0 saturated carbocycles. The number of methoxy groups -OCH3 is 1. The Labute approximate surface area is 179 Å². The molecule has 0 aliphatic heterocycles. The predicted molar refractivity (Wildman–Crippen MR) is 117 cm³/mol. The lowest BCUT2D eigenvalue weighted by atomic mass is 10.1. The van der Waals surface area contributed by atoms with Crippen molar-refractivity contribution in [2.75, 3.05) is 24.7 Å². The van der Waals surface area contributed by atoms with Gasteiger partial charge in [0.2, 0.25) is 11.8 Å². The summed E-state index contributed by atoms with van der Waals surface area (Å²) in [6.45, 7) is 3.18. The molecule has 0 unspecified atom stereocenters. The normalized spacial score (nSPS) is 10.3. The van der Waals surface area contributed by atoms with Crippen LogP contribution in [-0.2, 0) is 15.3 Å². The summed E-state index contributed by atoms with van der Waals surface area (Å²) in [6, 6.07) is 10.5. The van der Waals surface area contributed by atoms with Crippen LogP contribution >= 0.6 is 23.4 Å². The maximum atomic E-state index is 12.0. The third kappa shape index (κ3) is 6.80. The number of carbonyl (C=O) groups is 3. The van der Waals surface area contributed by atoms with E-state index in [9.17, 15) is 14.4 Å². The molecule has 2 aromatic carbocycles. The van der Waals surface area contributed by atoms with Gasteiger partial charge in [0.15, 0.2) is 5.78 Å². The average molecular weight is 435 g/mol. The molecule has 2 rings (SSSR count). The highest BCUT2D eigenvalue weighted by Crippen LogP contribution is 2.25. The quantitative estimate of drug-likeness (QED) is 0.585. The van der Waals surface area contributed by atoms with Gasteiger partial charge in [-0.3, -0.25) is 14.4 Å². The van der Waals surface area contributed by atoms with Gasteiger partial charge >= 0.3 is 0 Å². The summed E-state index contributed by atoms with van der Waals surface area (Å²) in [5.74, 6) is 0.735. The van der Waals surface area contributed by atoms with Crippen molar-refractivity contribution in [1.82, 2.24) is 5.32 Å². The lowest BCUT2D eigenvalue weighted by molar-refractivity contribution is -0.122. The molecule has 0 atom stereocenters. The number of amides is 2. The fraction of sp³-hybridized carbons (Fsp3) is 0.286. The van der Waals surface area contributed by atoms with Gasteiger partial charge in [-0.25, -0.2) is 0 Å². The molecule has 154 valence electrons. The zero-order valence-corrected chi connectivity index (χ0v) is 18.1. The molecule has 2 N–H and O–H groups in total. The van der Waals surface area contributed by atoms with Crippen LogP contribution in [0.2, 0.25) is 5.02 Å². The number of anilines is 1. The summed E-state index contributed by atoms with van der Waals surface area (Å²) >= 11 is 7.40. The third-order valence-corrected chi connectivity index (χ3v) is 5.56. The maximum absolute atomic E-state index is 12.0. The van der Waals surface area contributed by atoms with Crippen molar-refractivity contribution in [3.8, 4) is 5.75 Å². The SMILES string of the molecule is COc1ccc(C(C)=O)cc1CSCC(=O)NCC(=O)Nc1cccc(Cl)c1C. The summed E-state index contributed by atoms with van der Waals surface area (Å²) in [4.78, 5) is 35.6. The van der Waals surface area contributed by atoms with Gasteiger partial charge in [0.25, 0.3) is 0 Å². The van der Waals surface area contributed by atoms with Gasteiger partial charge in [-0.15, -0.1) is 11.8 Å². The van der Waals surface area contributed by atoms with E-state index in [-0.39, 0.29) is 29.9 Å². The standard InChI is InChI=1S/C21H23ClN2O4S/c1-13-17(22)5-4-6-18(13)24-20(26)10-23-21(27)12-29-11-16-9-15(14(2)25)7-8-19(16)28-3/h4-9H,10-12H2,1-3H3,(H,23,27)(H,24,26). The van der Waals surface area contributed by atoms with Crippen LogP contribution in [0.4, 0.5) is 5.69 Å². The Morgan fingerprint density at radius 1 is 1.14 bits per heavy atom. The monoisotopic (exact) mass is 434 g/mol. The van der Waals surface area contributed by atoms with E-state index in [1.54, 1.807) is 43.5 Å². The van der Waals surface area contributed by atoms with E-state index in [4.69, 9.17) is 16.3 Å². The summed E-state index contributed by atoms with van der Waals surface area (Å²) in [5, 5.41) is 5.88. The zero-order valence-electron chi connectivity index (χ0n) is 16.5. The number of hydrogen-bond donors (Lipinski definition) is 2. The fourth-order valence-corrected chi connectivity index (χ4v) is 3.54. The van der Waals surface area contributed by atoms with Crippen LogP contribution in [0.15, 0.2) is 36.4 Å². The number of halogens is 1. The van der Waals surface area contributed by atoms with Crippen molar-refractivity contribution in [2.24, 2.45) is 0 Å². The lowest BCUT2D eigenvalue weighted by Crippen LogP contribution is -2.34. The molecule has 0 saturated heterocycles. The molecule has 2 amide bonds. The molecule has 0 spiro atoms. The first-order valence-corrected chi connectivity index (χ1v) is 10.4. The number of nitrogens with one attached hydrogen (secondary N) is 2. The molecular formula is C21H23ClN2O4S. The summed E-state index contributed by atoms with van der Waals surface area (Å²) in [7, 11) is 1.56. The number of benzene rings is 2. The minimum Gasteiger partial charge on any atom is -0.496 e. The van der Waals surface area contributed by atoms with Gasteiger partial charge < -0.3 is 15.4 Å². The van der Waals surface area contributed by atoms with Gasteiger partial charge in [-0.2, -0.15) is 0 Å². The van der Waals surface area contributed by atoms with Crippen LogP contribution in [0.1, 0.15) is 28.4 Å².